The first-order chi connectivity index (χ1) is 12.6. The van der Waals surface area contributed by atoms with E-state index in [2.05, 4.69) is 10.6 Å². The number of hydrogen-bond donors (Lipinski definition) is 2. The first-order valence-electron chi connectivity index (χ1n) is 8.68. The predicted molar refractivity (Wildman–Crippen MR) is 102 cm³/mol. The van der Waals surface area contributed by atoms with Crippen LogP contribution in [0.5, 0.6) is 5.75 Å². The summed E-state index contributed by atoms with van der Waals surface area (Å²) in [5.74, 6) is 0.638. The van der Waals surface area contributed by atoms with Crippen LogP contribution in [-0.4, -0.2) is 25.0 Å². The molecule has 0 radical (unpaired) electrons. The second-order valence-electron chi connectivity index (χ2n) is 6.25. The lowest BCUT2D eigenvalue weighted by Gasteiger charge is -2.17. The minimum atomic E-state index is -0.151. The Morgan fingerprint density at radius 3 is 2.81 bits per heavy atom. The number of benzene rings is 2. The molecule has 0 aromatic heterocycles. The first-order valence-corrected chi connectivity index (χ1v) is 8.68. The summed E-state index contributed by atoms with van der Waals surface area (Å²) in [6, 6.07) is 13.6. The highest BCUT2D eigenvalue weighted by Crippen LogP contribution is 2.26. The minimum absolute atomic E-state index is 0.0487. The van der Waals surface area contributed by atoms with Crippen LogP contribution in [0.4, 0.5) is 5.69 Å². The Labute approximate surface area is 153 Å². The standard InChI is InChI=1S/C21H22N2O3/c1-15-2-4-16(5-3-15)6-10-20(24)22-12-13-26-18-8-9-19-17(14-18)7-11-21(25)23-19/h2-6,8-10,14H,7,11-13H2,1H3,(H,22,24)(H,23,25)/b10-6+. The van der Waals surface area contributed by atoms with Gasteiger partial charge in [0.25, 0.3) is 0 Å². The molecule has 0 fully saturated rings. The summed E-state index contributed by atoms with van der Waals surface area (Å²) >= 11 is 0. The number of hydrogen-bond acceptors (Lipinski definition) is 3. The van der Waals surface area contributed by atoms with Crippen molar-refractivity contribution in [3.05, 3.63) is 65.2 Å². The van der Waals surface area contributed by atoms with Crippen molar-refractivity contribution >= 4 is 23.6 Å². The van der Waals surface area contributed by atoms with Gasteiger partial charge in [0.1, 0.15) is 12.4 Å². The summed E-state index contributed by atoms with van der Waals surface area (Å²) in [4.78, 5) is 23.2. The van der Waals surface area contributed by atoms with Crippen LogP contribution in [0.25, 0.3) is 6.08 Å². The molecule has 2 amide bonds. The Kier molecular flexibility index (Phi) is 5.69. The fraction of sp³-hybridized carbons (Fsp3) is 0.238. The highest BCUT2D eigenvalue weighted by Gasteiger charge is 2.14. The summed E-state index contributed by atoms with van der Waals surface area (Å²) in [5.41, 5.74) is 4.10. The molecule has 5 nitrogen and oxygen atoms in total. The minimum Gasteiger partial charge on any atom is -0.492 e. The van der Waals surface area contributed by atoms with Crippen LogP contribution in [0.15, 0.2) is 48.5 Å². The summed E-state index contributed by atoms with van der Waals surface area (Å²) in [6.07, 6.45) is 4.53. The Morgan fingerprint density at radius 2 is 2.00 bits per heavy atom. The van der Waals surface area contributed by atoms with Gasteiger partial charge in [0.2, 0.25) is 11.8 Å². The van der Waals surface area contributed by atoms with E-state index in [0.717, 1.165) is 29.0 Å². The SMILES string of the molecule is Cc1ccc(/C=C/C(=O)NCCOc2ccc3c(c2)CCC(=O)N3)cc1. The zero-order chi connectivity index (χ0) is 18.4. The van der Waals surface area contributed by atoms with E-state index in [9.17, 15) is 9.59 Å². The first kappa shape index (κ1) is 17.7. The molecular weight excluding hydrogens is 328 g/mol. The number of carbonyl (C=O) groups excluding carboxylic acids is 2. The molecule has 1 heterocycles. The quantitative estimate of drug-likeness (QED) is 0.621. The molecule has 0 saturated heterocycles. The Bertz CT molecular complexity index is 826. The predicted octanol–water partition coefficient (Wildman–Crippen LogP) is 3.09. The largest absolute Gasteiger partial charge is 0.492 e. The summed E-state index contributed by atoms with van der Waals surface area (Å²) in [5, 5.41) is 5.64. The normalized spacial score (nSPS) is 13.2. The third-order valence-electron chi connectivity index (χ3n) is 4.15. The van der Waals surface area contributed by atoms with Crippen LogP contribution >= 0.6 is 0 Å². The van der Waals surface area contributed by atoms with E-state index in [4.69, 9.17) is 4.74 Å². The Hall–Kier alpha value is -3.08. The van der Waals surface area contributed by atoms with Crippen LogP contribution in [0.1, 0.15) is 23.1 Å². The van der Waals surface area contributed by atoms with Gasteiger partial charge in [0, 0.05) is 18.2 Å². The van der Waals surface area contributed by atoms with E-state index >= 15 is 0 Å². The van der Waals surface area contributed by atoms with E-state index in [1.54, 1.807) is 6.08 Å². The molecule has 3 rings (SSSR count). The van der Waals surface area contributed by atoms with Gasteiger partial charge in [-0.05, 0) is 48.7 Å². The molecule has 0 unspecified atom stereocenters. The summed E-state index contributed by atoms with van der Waals surface area (Å²) in [6.45, 7) is 2.83. The third-order valence-corrected chi connectivity index (χ3v) is 4.15. The van der Waals surface area contributed by atoms with Gasteiger partial charge >= 0.3 is 0 Å². The fourth-order valence-electron chi connectivity index (χ4n) is 2.70. The van der Waals surface area contributed by atoms with Crippen molar-refractivity contribution < 1.29 is 14.3 Å². The molecule has 26 heavy (non-hydrogen) atoms. The molecule has 2 aromatic carbocycles. The Balaban J connectivity index is 1.42. The molecule has 2 N–H and O–H groups in total. The average Bonchev–Trinajstić information content (AvgIpc) is 2.65. The molecule has 0 atom stereocenters. The molecule has 5 heteroatoms. The molecule has 134 valence electrons. The maximum atomic E-state index is 11.8. The lowest BCUT2D eigenvalue weighted by atomic mass is 10.0. The molecule has 0 spiro atoms. The van der Waals surface area contributed by atoms with Crippen molar-refractivity contribution in [3.8, 4) is 5.75 Å². The molecule has 2 aromatic rings. The molecular formula is C21H22N2O3. The molecule has 0 bridgehead atoms. The maximum Gasteiger partial charge on any atom is 0.244 e. The fourth-order valence-corrected chi connectivity index (χ4v) is 2.70. The van der Waals surface area contributed by atoms with Crippen molar-refractivity contribution in [2.45, 2.75) is 19.8 Å². The molecule has 0 saturated carbocycles. The maximum absolute atomic E-state index is 11.8. The monoisotopic (exact) mass is 350 g/mol. The van der Waals surface area contributed by atoms with Gasteiger partial charge in [0.15, 0.2) is 0 Å². The number of rotatable bonds is 6. The number of amides is 2. The number of carbonyl (C=O) groups is 2. The van der Waals surface area contributed by atoms with Crippen LogP contribution in [-0.2, 0) is 16.0 Å². The van der Waals surface area contributed by atoms with E-state index in [1.165, 1.54) is 11.6 Å². The molecule has 1 aliphatic rings. The zero-order valence-corrected chi connectivity index (χ0v) is 14.7. The van der Waals surface area contributed by atoms with E-state index < -0.39 is 0 Å². The van der Waals surface area contributed by atoms with Crippen molar-refractivity contribution in [1.29, 1.82) is 0 Å². The zero-order valence-electron chi connectivity index (χ0n) is 14.7. The van der Waals surface area contributed by atoms with Crippen LogP contribution in [0.3, 0.4) is 0 Å². The summed E-state index contributed by atoms with van der Waals surface area (Å²) < 4.78 is 5.67. The molecule has 1 aliphatic heterocycles. The molecule has 0 aliphatic carbocycles. The van der Waals surface area contributed by atoms with Crippen LogP contribution in [0.2, 0.25) is 0 Å². The number of nitrogens with one attached hydrogen (secondary N) is 2. The van der Waals surface area contributed by atoms with Crippen LogP contribution in [0, 0.1) is 6.92 Å². The van der Waals surface area contributed by atoms with Gasteiger partial charge in [0.05, 0.1) is 6.54 Å². The summed E-state index contributed by atoms with van der Waals surface area (Å²) in [7, 11) is 0. The van der Waals surface area contributed by atoms with Gasteiger partial charge in [-0.3, -0.25) is 9.59 Å². The van der Waals surface area contributed by atoms with Gasteiger partial charge in [-0.2, -0.15) is 0 Å². The Morgan fingerprint density at radius 1 is 1.19 bits per heavy atom. The van der Waals surface area contributed by atoms with Crippen molar-refractivity contribution in [2.75, 3.05) is 18.5 Å². The smallest absolute Gasteiger partial charge is 0.244 e. The number of aryl methyl sites for hydroxylation is 2. The van der Waals surface area contributed by atoms with Gasteiger partial charge in [-0.1, -0.05) is 29.8 Å². The van der Waals surface area contributed by atoms with E-state index in [0.29, 0.717) is 19.6 Å². The van der Waals surface area contributed by atoms with Crippen LogP contribution < -0.4 is 15.4 Å². The number of fused-ring (bicyclic) bond motifs is 1. The highest BCUT2D eigenvalue weighted by atomic mass is 16.5. The second kappa shape index (κ2) is 8.34. The topological polar surface area (TPSA) is 67.4 Å². The van der Waals surface area contributed by atoms with Gasteiger partial charge in [-0.15, -0.1) is 0 Å². The van der Waals surface area contributed by atoms with Crippen molar-refractivity contribution in [1.82, 2.24) is 5.32 Å². The third kappa shape index (κ3) is 4.96. The van der Waals surface area contributed by atoms with Gasteiger partial charge in [-0.25, -0.2) is 0 Å². The average molecular weight is 350 g/mol. The highest BCUT2D eigenvalue weighted by molar-refractivity contribution is 5.94. The van der Waals surface area contributed by atoms with E-state index in [-0.39, 0.29) is 11.8 Å². The lowest BCUT2D eigenvalue weighted by molar-refractivity contribution is -0.117. The number of ether oxygens (including phenoxy) is 1. The van der Waals surface area contributed by atoms with Gasteiger partial charge < -0.3 is 15.4 Å². The second-order valence-corrected chi connectivity index (χ2v) is 6.25. The van der Waals surface area contributed by atoms with Crippen molar-refractivity contribution in [2.24, 2.45) is 0 Å². The number of anilines is 1. The lowest BCUT2D eigenvalue weighted by Crippen LogP contribution is -2.26. The van der Waals surface area contributed by atoms with Crippen molar-refractivity contribution in [3.63, 3.8) is 0 Å². The van der Waals surface area contributed by atoms with E-state index in [1.807, 2.05) is 49.4 Å².